The predicted molar refractivity (Wildman–Crippen MR) is 112 cm³/mol. The van der Waals surface area contributed by atoms with Crippen molar-refractivity contribution in [3.8, 4) is 0 Å². The van der Waals surface area contributed by atoms with Gasteiger partial charge in [0.05, 0.1) is 17.6 Å². The van der Waals surface area contributed by atoms with Crippen molar-refractivity contribution in [2.24, 2.45) is 12.0 Å². The first-order valence-electron chi connectivity index (χ1n) is 7.73. The van der Waals surface area contributed by atoms with Crippen molar-refractivity contribution in [1.82, 2.24) is 20.2 Å². The first kappa shape index (κ1) is 18.7. The number of aryl methyl sites for hydroxylation is 1. The van der Waals surface area contributed by atoms with Gasteiger partial charge in [-0.25, -0.2) is 9.98 Å². The van der Waals surface area contributed by atoms with Gasteiger partial charge >= 0.3 is 0 Å². The monoisotopic (exact) mass is 455 g/mol. The molecule has 0 bridgehead atoms. The lowest BCUT2D eigenvalue weighted by molar-refractivity contribution is 0.781. The first-order chi connectivity index (χ1) is 11.3. The lowest BCUT2D eigenvalue weighted by Crippen LogP contribution is -2.36. The summed E-state index contributed by atoms with van der Waals surface area (Å²) in [4.78, 5) is 10.6. The van der Waals surface area contributed by atoms with Crippen LogP contribution in [0.3, 0.4) is 0 Å². The Morgan fingerprint density at radius 1 is 1.21 bits per heavy atom. The van der Waals surface area contributed by atoms with Crippen LogP contribution in [0.25, 0.3) is 11.0 Å². The van der Waals surface area contributed by atoms with Crippen LogP contribution < -0.4 is 10.6 Å². The minimum absolute atomic E-state index is 0. The molecular formula is C17H22IN5S. The van der Waals surface area contributed by atoms with Gasteiger partial charge in [-0.05, 0) is 30.5 Å². The van der Waals surface area contributed by atoms with E-state index in [2.05, 4.69) is 55.7 Å². The average Bonchev–Trinajstić information content (AvgIpc) is 3.19. The van der Waals surface area contributed by atoms with Crippen LogP contribution in [0.5, 0.6) is 0 Å². The Balaban J connectivity index is 0.00000208. The number of halogens is 1. The van der Waals surface area contributed by atoms with Crippen LogP contribution in [-0.2, 0) is 20.1 Å². The van der Waals surface area contributed by atoms with Crippen molar-refractivity contribution in [2.45, 2.75) is 20.0 Å². The molecule has 2 heterocycles. The molecule has 0 aliphatic rings. The molecule has 24 heavy (non-hydrogen) atoms. The molecule has 0 saturated carbocycles. The van der Waals surface area contributed by atoms with Crippen molar-refractivity contribution in [3.63, 3.8) is 0 Å². The molecule has 2 N–H and O–H groups in total. The second kappa shape index (κ2) is 9.03. The van der Waals surface area contributed by atoms with Gasteiger partial charge in [0.2, 0.25) is 0 Å². The Bertz CT molecular complexity index is 795. The van der Waals surface area contributed by atoms with E-state index in [0.717, 1.165) is 35.9 Å². The number of fused-ring (bicyclic) bond motifs is 1. The number of aliphatic imine (C=N–C) groups is 1. The normalized spacial score (nSPS) is 11.3. The van der Waals surface area contributed by atoms with E-state index >= 15 is 0 Å². The van der Waals surface area contributed by atoms with E-state index in [9.17, 15) is 0 Å². The zero-order chi connectivity index (χ0) is 16.1. The summed E-state index contributed by atoms with van der Waals surface area (Å²) in [5.41, 5.74) is 2.14. The molecule has 3 aromatic rings. The van der Waals surface area contributed by atoms with Crippen molar-refractivity contribution >= 4 is 52.3 Å². The van der Waals surface area contributed by atoms with E-state index in [4.69, 9.17) is 0 Å². The maximum absolute atomic E-state index is 4.66. The third-order valence-electron chi connectivity index (χ3n) is 3.61. The average molecular weight is 455 g/mol. The minimum atomic E-state index is 0. The molecule has 0 spiro atoms. The number of thiophene rings is 1. The molecule has 0 radical (unpaired) electrons. The summed E-state index contributed by atoms with van der Waals surface area (Å²) in [6.07, 6.45) is 0. The lowest BCUT2D eigenvalue weighted by atomic mass is 10.3. The molecule has 0 saturated heterocycles. The van der Waals surface area contributed by atoms with E-state index in [1.807, 2.05) is 25.2 Å². The molecule has 0 amide bonds. The van der Waals surface area contributed by atoms with Crippen LogP contribution in [0.15, 0.2) is 46.8 Å². The molecule has 0 unspecified atom stereocenters. The minimum Gasteiger partial charge on any atom is -0.357 e. The Morgan fingerprint density at radius 2 is 2.04 bits per heavy atom. The molecule has 0 atom stereocenters. The Kier molecular flexibility index (Phi) is 7.04. The van der Waals surface area contributed by atoms with E-state index in [1.165, 1.54) is 4.88 Å². The molecule has 5 nitrogen and oxygen atoms in total. The number of para-hydroxylation sites is 2. The van der Waals surface area contributed by atoms with E-state index in [0.29, 0.717) is 6.54 Å². The number of guanidine groups is 1. The van der Waals surface area contributed by atoms with Crippen LogP contribution in [0.2, 0.25) is 0 Å². The van der Waals surface area contributed by atoms with Gasteiger partial charge < -0.3 is 15.2 Å². The van der Waals surface area contributed by atoms with Crippen LogP contribution >= 0.6 is 35.3 Å². The molecule has 3 rings (SSSR count). The highest BCUT2D eigenvalue weighted by Crippen LogP contribution is 2.14. The lowest BCUT2D eigenvalue weighted by Gasteiger charge is -2.10. The molecule has 128 valence electrons. The molecular weight excluding hydrogens is 433 g/mol. The highest BCUT2D eigenvalue weighted by Gasteiger charge is 2.07. The van der Waals surface area contributed by atoms with Gasteiger partial charge in [-0.3, -0.25) is 0 Å². The zero-order valence-electron chi connectivity index (χ0n) is 13.8. The van der Waals surface area contributed by atoms with Gasteiger partial charge in [0.1, 0.15) is 12.4 Å². The number of rotatable bonds is 5. The van der Waals surface area contributed by atoms with Crippen LogP contribution in [-0.4, -0.2) is 22.1 Å². The summed E-state index contributed by atoms with van der Waals surface area (Å²) in [6.45, 7) is 4.23. The molecule has 0 fully saturated rings. The van der Waals surface area contributed by atoms with Crippen molar-refractivity contribution in [3.05, 3.63) is 52.5 Å². The Labute approximate surface area is 163 Å². The second-order valence-corrected chi connectivity index (χ2v) is 6.24. The summed E-state index contributed by atoms with van der Waals surface area (Å²) in [5, 5.41) is 8.72. The maximum atomic E-state index is 4.66. The number of nitrogens with one attached hydrogen (secondary N) is 2. The second-order valence-electron chi connectivity index (χ2n) is 5.20. The summed E-state index contributed by atoms with van der Waals surface area (Å²) in [6, 6.07) is 12.3. The fraction of sp³-hybridized carbons (Fsp3) is 0.294. The molecule has 0 aliphatic carbocycles. The predicted octanol–water partition coefficient (Wildman–Crippen LogP) is 3.51. The summed E-state index contributed by atoms with van der Waals surface area (Å²) in [5.74, 6) is 1.77. The molecule has 1 aromatic carbocycles. The van der Waals surface area contributed by atoms with E-state index < -0.39 is 0 Å². The first-order valence-corrected chi connectivity index (χ1v) is 8.60. The number of imidazole rings is 1. The number of hydrogen-bond acceptors (Lipinski definition) is 3. The standard InChI is InChI=1S/C17H21N5S.HI/c1-3-18-17(19-11-13-7-6-10-23-13)20-12-16-21-14-8-4-5-9-15(14)22(16)2;/h4-10H,3,11-12H2,1-2H3,(H2,18,19,20);1H. The van der Waals surface area contributed by atoms with Crippen molar-refractivity contribution in [2.75, 3.05) is 6.54 Å². The SMILES string of the molecule is CCNC(=NCc1nc2ccccc2n1C)NCc1cccs1.I. The highest BCUT2D eigenvalue weighted by atomic mass is 127. The van der Waals surface area contributed by atoms with Crippen LogP contribution in [0.1, 0.15) is 17.6 Å². The number of hydrogen-bond donors (Lipinski definition) is 2. The molecule has 2 aromatic heterocycles. The third-order valence-corrected chi connectivity index (χ3v) is 4.49. The van der Waals surface area contributed by atoms with Gasteiger partial charge in [0, 0.05) is 18.5 Å². The quantitative estimate of drug-likeness (QED) is 0.352. The fourth-order valence-electron chi connectivity index (χ4n) is 2.41. The summed E-state index contributed by atoms with van der Waals surface area (Å²) in [7, 11) is 2.03. The number of aromatic nitrogens is 2. The molecule has 7 heteroatoms. The van der Waals surface area contributed by atoms with Gasteiger partial charge in [0.25, 0.3) is 0 Å². The van der Waals surface area contributed by atoms with Gasteiger partial charge in [0.15, 0.2) is 5.96 Å². The zero-order valence-corrected chi connectivity index (χ0v) is 17.0. The summed E-state index contributed by atoms with van der Waals surface area (Å²) < 4.78 is 2.10. The Morgan fingerprint density at radius 3 is 2.75 bits per heavy atom. The highest BCUT2D eigenvalue weighted by molar-refractivity contribution is 14.0. The number of benzene rings is 1. The fourth-order valence-corrected chi connectivity index (χ4v) is 3.06. The maximum Gasteiger partial charge on any atom is 0.191 e. The van der Waals surface area contributed by atoms with Gasteiger partial charge in [-0.15, -0.1) is 35.3 Å². The van der Waals surface area contributed by atoms with E-state index in [-0.39, 0.29) is 24.0 Å². The van der Waals surface area contributed by atoms with Crippen molar-refractivity contribution < 1.29 is 0 Å². The van der Waals surface area contributed by atoms with Crippen LogP contribution in [0, 0.1) is 0 Å². The number of nitrogens with zero attached hydrogens (tertiary/aromatic N) is 3. The smallest absolute Gasteiger partial charge is 0.191 e. The van der Waals surface area contributed by atoms with E-state index in [1.54, 1.807) is 11.3 Å². The Hall–Kier alpha value is -1.61. The van der Waals surface area contributed by atoms with Gasteiger partial charge in [-0.1, -0.05) is 18.2 Å². The van der Waals surface area contributed by atoms with Crippen LogP contribution in [0.4, 0.5) is 0 Å². The topological polar surface area (TPSA) is 54.2 Å². The third kappa shape index (κ3) is 4.47. The largest absolute Gasteiger partial charge is 0.357 e. The summed E-state index contributed by atoms with van der Waals surface area (Å²) >= 11 is 1.74. The van der Waals surface area contributed by atoms with Crippen molar-refractivity contribution in [1.29, 1.82) is 0 Å². The van der Waals surface area contributed by atoms with Gasteiger partial charge in [-0.2, -0.15) is 0 Å². The molecule has 0 aliphatic heterocycles.